The van der Waals surface area contributed by atoms with E-state index in [-0.39, 0.29) is 29.1 Å². The Hall–Kier alpha value is -2.74. The van der Waals surface area contributed by atoms with Gasteiger partial charge in [-0.2, -0.15) is 0 Å². The molecule has 0 fully saturated rings. The molecule has 144 valence electrons. The number of anilines is 2. The zero-order chi connectivity index (χ0) is 19.8. The minimum absolute atomic E-state index is 0.0163. The predicted molar refractivity (Wildman–Crippen MR) is 103 cm³/mol. The summed E-state index contributed by atoms with van der Waals surface area (Å²) in [5.41, 5.74) is 1.02. The number of hydrogen-bond donors (Lipinski definition) is 0. The van der Waals surface area contributed by atoms with E-state index in [4.69, 9.17) is 9.47 Å². The Balaban J connectivity index is 2.18. The maximum atomic E-state index is 13.5. The molecule has 1 unspecified atom stereocenters. The summed E-state index contributed by atoms with van der Waals surface area (Å²) in [6.45, 7) is 3.44. The molecule has 2 aromatic rings. The molecule has 27 heavy (non-hydrogen) atoms. The highest BCUT2D eigenvalue weighted by Gasteiger charge is 2.38. The number of carbonyl (C=O) groups excluding carboxylic acids is 1. The largest absolute Gasteiger partial charge is 0.497 e. The van der Waals surface area contributed by atoms with Crippen LogP contribution in [-0.2, 0) is 14.8 Å². The number of ether oxygens (including phenoxy) is 2. The maximum absolute atomic E-state index is 13.5. The van der Waals surface area contributed by atoms with Crippen LogP contribution in [0.25, 0.3) is 0 Å². The second-order valence-corrected chi connectivity index (χ2v) is 8.11. The molecule has 1 heterocycles. The fourth-order valence-electron chi connectivity index (χ4n) is 3.35. The lowest BCUT2D eigenvalue weighted by atomic mass is 10.1. The molecule has 1 amide bonds. The minimum atomic E-state index is -3.94. The Morgan fingerprint density at radius 2 is 1.74 bits per heavy atom. The summed E-state index contributed by atoms with van der Waals surface area (Å²) in [6, 6.07) is 11.3. The summed E-state index contributed by atoms with van der Waals surface area (Å²) in [7, 11) is -1.05. The van der Waals surface area contributed by atoms with E-state index < -0.39 is 10.0 Å². The van der Waals surface area contributed by atoms with Crippen LogP contribution < -0.4 is 18.7 Å². The van der Waals surface area contributed by atoms with Crippen molar-refractivity contribution in [2.24, 2.45) is 0 Å². The first-order valence-corrected chi connectivity index (χ1v) is 9.89. The van der Waals surface area contributed by atoms with Gasteiger partial charge in [0, 0.05) is 13.0 Å². The van der Waals surface area contributed by atoms with Crippen molar-refractivity contribution < 1.29 is 22.7 Å². The van der Waals surface area contributed by atoms with Crippen molar-refractivity contribution in [1.29, 1.82) is 0 Å². The van der Waals surface area contributed by atoms with Gasteiger partial charge >= 0.3 is 0 Å². The average Bonchev–Trinajstić information content (AvgIpc) is 2.66. The summed E-state index contributed by atoms with van der Waals surface area (Å²) in [6.07, 6.45) is 0. The second-order valence-electron chi connectivity index (χ2n) is 6.28. The van der Waals surface area contributed by atoms with E-state index in [9.17, 15) is 13.2 Å². The van der Waals surface area contributed by atoms with Gasteiger partial charge in [-0.1, -0.05) is 12.1 Å². The highest BCUT2D eigenvalue weighted by Crippen LogP contribution is 2.40. The third-order valence-electron chi connectivity index (χ3n) is 4.56. The van der Waals surface area contributed by atoms with Gasteiger partial charge < -0.3 is 14.4 Å². The van der Waals surface area contributed by atoms with E-state index in [2.05, 4.69) is 0 Å². The van der Waals surface area contributed by atoms with E-state index in [1.165, 1.54) is 31.5 Å². The van der Waals surface area contributed by atoms with E-state index >= 15 is 0 Å². The zero-order valence-electron chi connectivity index (χ0n) is 15.7. The topological polar surface area (TPSA) is 76.2 Å². The lowest BCUT2D eigenvalue weighted by Crippen LogP contribution is -2.51. The van der Waals surface area contributed by atoms with Crippen LogP contribution in [0.5, 0.6) is 11.5 Å². The van der Waals surface area contributed by atoms with Crippen LogP contribution in [0.2, 0.25) is 0 Å². The standard InChI is InChI=1S/C19H22N2O5S/c1-13-12-20(16-7-5-6-8-17(16)21(13)14(2)22)27(23,24)19-11-15(25-3)9-10-18(19)26-4/h5-11,13H,12H2,1-4H3. The molecule has 0 aromatic heterocycles. The van der Waals surface area contributed by atoms with Crippen molar-refractivity contribution in [2.45, 2.75) is 24.8 Å². The molecule has 0 saturated carbocycles. The number of sulfonamides is 1. The molecule has 2 aromatic carbocycles. The lowest BCUT2D eigenvalue weighted by molar-refractivity contribution is -0.117. The number of hydrogen-bond acceptors (Lipinski definition) is 5. The van der Waals surface area contributed by atoms with Crippen LogP contribution >= 0.6 is 0 Å². The van der Waals surface area contributed by atoms with Crippen molar-refractivity contribution in [2.75, 3.05) is 30.0 Å². The molecular weight excluding hydrogens is 368 g/mol. The molecule has 1 aliphatic rings. The van der Waals surface area contributed by atoms with Crippen LogP contribution in [0.1, 0.15) is 13.8 Å². The average molecular weight is 390 g/mol. The maximum Gasteiger partial charge on any atom is 0.268 e. The molecule has 1 atom stereocenters. The molecule has 8 heteroatoms. The molecule has 0 radical (unpaired) electrons. The van der Waals surface area contributed by atoms with Crippen LogP contribution in [0.15, 0.2) is 47.4 Å². The highest BCUT2D eigenvalue weighted by atomic mass is 32.2. The van der Waals surface area contributed by atoms with Gasteiger partial charge in [-0.15, -0.1) is 0 Å². The van der Waals surface area contributed by atoms with E-state index in [0.717, 1.165) is 0 Å². The fraction of sp³-hybridized carbons (Fsp3) is 0.316. The van der Waals surface area contributed by atoms with Gasteiger partial charge in [0.05, 0.1) is 38.2 Å². The van der Waals surface area contributed by atoms with Gasteiger partial charge in [0.1, 0.15) is 16.4 Å². The molecule has 0 saturated heterocycles. The predicted octanol–water partition coefficient (Wildman–Crippen LogP) is 2.65. The highest BCUT2D eigenvalue weighted by molar-refractivity contribution is 7.93. The quantitative estimate of drug-likeness (QED) is 0.802. The van der Waals surface area contributed by atoms with Crippen LogP contribution in [-0.4, -0.2) is 41.1 Å². The summed E-state index contributed by atoms with van der Waals surface area (Å²) in [5.74, 6) is 0.513. The van der Waals surface area contributed by atoms with Crippen LogP contribution in [0, 0.1) is 0 Å². The Morgan fingerprint density at radius 3 is 2.33 bits per heavy atom. The molecule has 1 aliphatic heterocycles. The Labute approximate surface area is 159 Å². The summed E-state index contributed by atoms with van der Waals surface area (Å²) >= 11 is 0. The molecule has 0 bridgehead atoms. The number of amides is 1. The summed E-state index contributed by atoms with van der Waals surface area (Å²) in [4.78, 5) is 13.7. The molecule has 7 nitrogen and oxygen atoms in total. The van der Waals surface area contributed by atoms with Crippen molar-refractivity contribution in [3.05, 3.63) is 42.5 Å². The number of methoxy groups -OCH3 is 2. The van der Waals surface area contributed by atoms with Gasteiger partial charge in [0.15, 0.2) is 0 Å². The summed E-state index contributed by atoms with van der Waals surface area (Å²) < 4.78 is 38.8. The van der Waals surface area contributed by atoms with Crippen molar-refractivity contribution >= 4 is 27.3 Å². The number of nitrogens with zero attached hydrogens (tertiary/aromatic N) is 2. The van der Waals surface area contributed by atoms with Crippen molar-refractivity contribution in [3.63, 3.8) is 0 Å². The van der Waals surface area contributed by atoms with Gasteiger partial charge in [-0.3, -0.25) is 9.10 Å². The van der Waals surface area contributed by atoms with Crippen molar-refractivity contribution in [3.8, 4) is 11.5 Å². The molecule has 0 aliphatic carbocycles. The number of benzene rings is 2. The Kier molecular flexibility index (Phi) is 5.01. The third kappa shape index (κ3) is 3.21. The third-order valence-corrected chi connectivity index (χ3v) is 6.36. The second kappa shape index (κ2) is 7.11. The number of fused-ring (bicyclic) bond motifs is 1. The van der Waals surface area contributed by atoms with Gasteiger partial charge in [0.2, 0.25) is 5.91 Å². The summed E-state index contributed by atoms with van der Waals surface area (Å²) in [5, 5.41) is 0. The molecule has 0 N–H and O–H groups in total. The lowest BCUT2D eigenvalue weighted by Gasteiger charge is -2.41. The molecule has 3 rings (SSSR count). The normalized spacial score (nSPS) is 16.7. The zero-order valence-corrected chi connectivity index (χ0v) is 16.5. The Morgan fingerprint density at radius 1 is 1.07 bits per heavy atom. The Bertz CT molecular complexity index is 974. The van der Waals surface area contributed by atoms with Crippen molar-refractivity contribution in [1.82, 2.24) is 0 Å². The number of rotatable bonds is 4. The fourth-order valence-corrected chi connectivity index (χ4v) is 5.08. The number of para-hydroxylation sites is 2. The van der Waals surface area contributed by atoms with Gasteiger partial charge in [0.25, 0.3) is 10.0 Å². The van der Waals surface area contributed by atoms with Crippen LogP contribution in [0.4, 0.5) is 11.4 Å². The first-order valence-electron chi connectivity index (χ1n) is 8.45. The smallest absolute Gasteiger partial charge is 0.268 e. The monoisotopic (exact) mass is 390 g/mol. The van der Waals surface area contributed by atoms with Gasteiger partial charge in [-0.05, 0) is 31.2 Å². The molecule has 0 spiro atoms. The minimum Gasteiger partial charge on any atom is -0.497 e. The van der Waals surface area contributed by atoms with Crippen LogP contribution in [0.3, 0.4) is 0 Å². The van der Waals surface area contributed by atoms with E-state index in [1.54, 1.807) is 41.3 Å². The first kappa shape index (κ1) is 19.0. The molecular formula is C19H22N2O5S. The SMILES string of the molecule is COc1ccc(OC)c(S(=O)(=O)N2CC(C)N(C(C)=O)c3ccccc32)c1. The van der Waals surface area contributed by atoms with E-state index in [1.807, 2.05) is 6.92 Å². The van der Waals surface area contributed by atoms with E-state index in [0.29, 0.717) is 17.1 Å². The first-order chi connectivity index (χ1) is 12.8. The number of carbonyl (C=O) groups is 1. The van der Waals surface area contributed by atoms with Gasteiger partial charge in [-0.25, -0.2) is 8.42 Å².